The number of hydrogen-bond donors (Lipinski definition) is 5. The molecule has 10 nitrogen and oxygen atoms in total. The fraction of sp³-hybridized carbons (Fsp3) is 0.483. The Bertz CT molecular complexity index is 1270. The lowest BCUT2D eigenvalue weighted by Gasteiger charge is -2.39. The Labute approximate surface area is 226 Å². The highest BCUT2D eigenvalue weighted by Gasteiger charge is 2.44. The number of rotatable bonds is 12. The number of phenolic OH excluding ortho intramolecular Hbond substituents is 1. The van der Waals surface area contributed by atoms with Crippen LogP contribution >= 0.6 is 0 Å². The van der Waals surface area contributed by atoms with E-state index in [0.717, 1.165) is 12.8 Å². The number of phenols is 1. The molecular formula is C29H36O10. The van der Waals surface area contributed by atoms with E-state index in [2.05, 4.69) is 6.92 Å². The van der Waals surface area contributed by atoms with E-state index in [4.69, 9.17) is 18.6 Å². The summed E-state index contributed by atoms with van der Waals surface area (Å²) in [4.78, 5) is 13.2. The molecule has 10 heteroatoms. The van der Waals surface area contributed by atoms with Crippen LogP contribution in [0.5, 0.6) is 17.2 Å². The van der Waals surface area contributed by atoms with Gasteiger partial charge in [-0.05, 0) is 24.1 Å². The zero-order valence-electron chi connectivity index (χ0n) is 21.9. The van der Waals surface area contributed by atoms with Crippen molar-refractivity contribution in [1.82, 2.24) is 0 Å². The highest BCUT2D eigenvalue weighted by atomic mass is 16.7. The highest BCUT2D eigenvalue weighted by molar-refractivity contribution is 5.88. The second-order valence-corrected chi connectivity index (χ2v) is 9.75. The van der Waals surface area contributed by atoms with E-state index in [9.17, 15) is 30.3 Å². The third-order valence-electron chi connectivity index (χ3n) is 6.86. The van der Waals surface area contributed by atoms with Crippen molar-refractivity contribution in [2.75, 3.05) is 13.2 Å². The van der Waals surface area contributed by atoms with Crippen LogP contribution in [0, 0.1) is 0 Å². The average Bonchev–Trinajstić information content (AvgIpc) is 2.93. The molecule has 2 heterocycles. The van der Waals surface area contributed by atoms with Crippen molar-refractivity contribution in [3.05, 3.63) is 52.9 Å². The zero-order chi connectivity index (χ0) is 27.9. The Morgan fingerprint density at radius 3 is 2.33 bits per heavy atom. The van der Waals surface area contributed by atoms with Crippen molar-refractivity contribution in [2.45, 2.75) is 76.2 Å². The van der Waals surface area contributed by atoms with E-state index < -0.39 is 42.7 Å². The summed E-state index contributed by atoms with van der Waals surface area (Å²) in [6, 6.07) is 9.24. The van der Waals surface area contributed by atoms with Crippen LogP contribution in [0.25, 0.3) is 22.1 Å². The second kappa shape index (κ2) is 13.3. The zero-order valence-corrected chi connectivity index (χ0v) is 21.9. The molecule has 1 fully saturated rings. The molecule has 1 saturated heterocycles. The first kappa shape index (κ1) is 28.8. The SMILES string of the molecule is CCCCCCCCOc1cc(O)c2c(=O)c(-c3ccc(O[C@@H]4O[C@H](CO)[C@H](O)[C@@H](O)[C@H]4O)cc3)coc2c1. The van der Waals surface area contributed by atoms with Gasteiger partial charge in [0.15, 0.2) is 0 Å². The minimum atomic E-state index is -1.56. The van der Waals surface area contributed by atoms with Crippen LogP contribution in [0.2, 0.25) is 0 Å². The topological polar surface area (TPSA) is 159 Å². The van der Waals surface area contributed by atoms with Gasteiger partial charge in [0.05, 0.1) is 18.8 Å². The molecule has 212 valence electrons. The fourth-order valence-electron chi connectivity index (χ4n) is 4.57. The molecule has 1 aromatic heterocycles. The lowest BCUT2D eigenvalue weighted by atomic mass is 9.99. The monoisotopic (exact) mass is 544 g/mol. The lowest BCUT2D eigenvalue weighted by molar-refractivity contribution is -0.277. The summed E-state index contributed by atoms with van der Waals surface area (Å²) in [5.41, 5.74) is 0.510. The van der Waals surface area contributed by atoms with Gasteiger partial charge in [0, 0.05) is 12.1 Å². The molecule has 0 unspecified atom stereocenters. The van der Waals surface area contributed by atoms with Crippen LogP contribution in [-0.4, -0.2) is 69.5 Å². The summed E-state index contributed by atoms with van der Waals surface area (Å²) in [6.45, 7) is 2.12. The van der Waals surface area contributed by atoms with Gasteiger partial charge >= 0.3 is 0 Å². The van der Waals surface area contributed by atoms with Crippen LogP contribution in [-0.2, 0) is 4.74 Å². The van der Waals surface area contributed by atoms with Crippen molar-refractivity contribution in [2.24, 2.45) is 0 Å². The van der Waals surface area contributed by atoms with Gasteiger partial charge in [0.25, 0.3) is 0 Å². The van der Waals surface area contributed by atoms with Gasteiger partial charge in [-0.2, -0.15) is 0 Å². The number of benzene rings is 2. The summed E-state index contributed by atoms with van der Waals surface area (Å²) in [5, 5.41) is 50.0. The predicted molar refractivity (Wildman–Crippen MR) is 143 cm³/mol. The van der Waals surface area contributed by atoms with E-state index in [1.165, 1.54) is 50.1 Å². The van der Waals surface area contributed by atoms with E-state index in [0.29, 0.717) is 17.9 Å². The summed E-state index contributed by atoms with van der Waals surface area (Å²) >= 11 is 0. The molecule has 1 aliphatic heterocycles. The molecule has 0 spiro atoms. The van der Waals surface area contributed by atoms with E-state index in [-0.39, 0.29) is 28.0 Å². The van der Waals surface area contributed by atoms with E-state index in [1.807, 2.05) is 0 Å². The van der Waals surface area contributed by atoms with Gasteiger partial charge in [-0.3, -0.25) is 4.79 Å². The second-order valence-electron chi connectivity index (χ2n) is 9.75. The molecule has 0 radical (unpaired) electrons. The van der Waals surface area contributed by atoms with Gasteiger partial charge in [0.1, 0.15) is 58.9 Å². The Morgan fingerprint density at radius 1 is 0.897 bits per heavy atom. The van der Waals surface area contributed by atoms with Crippen molar-refractivity contribution in [1.29, 1.82) is 0 Å². The summed E-state index contributed by atoms with van der Waals surface area (Å²) < 4.78 is 22.4. The summed E-state index contributed by atoms with van der Waals surface area (Å²) in [5.74, 6) is 0.450. The molecule has 5 atom stereocenters. The molecule has 5 N–H and O–H groups in total. The normalized spacial score (nSPS) is 23.2. The Hall–Kier alpha value is -3.15. The Morgan fingerprint density at radius 2 is 1.62 bits per heavy atom. The first-order chi connectivity index (χ1) is 18.8. The molecule has 0 aliphatic carbocycles. The Kier molecular flexibility index (Phi) is 9.82. The maximum Gasteiger partial charge on any atom is 0.229 e. The largest absolute Gasteiger partial charge is 0.507 e. The number of hydrogen-bond acceptors (Lipinski definition) is 10. The maximum atomic E-state index is 13.2. The minimum Gasteiger partial charge on any atom is -0.507 e. The fourth-order valence-corrected chi connectivity index (χ4v) is 4.57. The van der Waals surface area contributed by atoms with Gasteiger partial charge in [-0.25, -0.2) is 0 Å². The Balaban J connectivity index is 1.44. The smallest absolute Gasteiger partial charge is 0.229 e. The van der Waals surface area contributed by atoms with Crippen LogP contribution in [0.15, 0.2) is 51.9 Å². The first-order valence-electron chi connectivity index (χ1n) is 13.3. The maximum absolute atomic E-state index is 13.2. The molecule has 3 aromatic rings. The lowest BCUT2D eigenvalue weighted by Crippen LogP contribution is -2.60. The van der Waals surface area contributed by atoms with Crippen LogP contribution in [0.1, 0.15) is 45.4 Å². The average molecular weight is 545 g/mol. The van der Waals surface area contributed by atoms with Gasteiger partial charge in [0.2, 0.25) is 11.7 Å². The molecule has 39 heavy (non-hydrogen) atoms. The third kappa shape index (κ3) is 6.71. The number of aliphatic hydroxyl groups is 4. The van der Waals surface area contributed by atoms with Crippen LogP contribution < -0.4 is 14.9 Å². The van der Waals surface area contributed by atoms with Gasteiger partial charge in [-0.15, -0.1) is 0 Å². The highest BCUT2D eigenvalue weighted by Crippen LogP contribution is 2.31. The summed E-state index contributed by atoms with van der Waals surface area (Å²) in [6.07, 6.45) is 1.10. The standard InChI is InChI=1S/C29H36O10/c1-2-3-4-5-6-7-12-36-19-13-21(31)24-22(14-19)37-16-20(25(24)32)17-8-10-18(11-9-17)38-29-28(35)27(34)26(33)23(15-30)39-29/h8-11,13-14,16,23,26-31,33-35H,2-7,12,15H2,1H3/t23-,26+,27-,28-,29-/m1/s1. The molecule has 0 saturated carbocycles. The van der Waals surface area contributed by atoms with Crippen molar-refractivity contribution < 1.29 is 44.2 Å². The molecule has 2 aromatic carbocycles. The van der Waals surface area contributed by atoms with Crippen molar-refractivity contribution >= 4 is 11.0 Å². The number of ether oxygens (including phenoxy) is 3. The van der Waals surface area contributed by atoms with Crippen molar-refractivity contribution in [3.63, 3.8) is 0 Å². The predicted octanol–water partition coefficient (Wildman–Crippen LogP) is 3.08. The van der Waals surface area contributed by atoms with Crippen LogP contribution in [0.3, 0.4) is 0 Å². The summed E-state index contributed by atoms with van der Waals surface area (Å²) in [7, 11) is 0. The van der Waals surface area contributed by atoms with Gasteiger partial charge < -0.3 is 44.2 Å². The van der Waals surface area contributed by atoms with Gasteiger partial charge in [-0.1, -0.05) is 51.2 Å². The van der Waals surface area contributed by atoms with Crippen molar-refractivity contribution in [3.8, 4) is 28.4 Å². The molecule has 0 amide bonds. The number of aromatic hydroxyl groups is 1. The van der Waals surface area contributed by atoms with Crippen LogP contribution in [0.4, 0.5) is 0 Å². The number of fused-ring (bicyclic) bond motifs is 1. The number of unbranched alkanes of at least 4 members (excludes halogenated alkanes) is 5. The molecular weight excluding hydrogens is 508 g/mol. The van der Waals surface area contributed by atoms with E-state index in [1.54, 1.807) is 18.2 Å². The first-order valence-corrected chi connectivity index (χ1v) is 13.3. The third-order valence-corrected chi connectivity index (χ3v) is 6.86. The quantitative estimate of drug-likeness (QED) is 0.215. The minimum absolute atomic E-state index is 0.0426. The molecule has 1 aliphatic rings. The molecule has 0 bridgehead atoms. The number of aliphatic hydroxyl groups excluding tert-OH is 4. The molecule has 4 rings (SSSR count). The van der Waals surface area contributed by atoms with E-state index >= 15 is 0 Å².